The smallest absolute Gasteiger partial charge is 0.222 e. The highest BCUT2D eigenvalue weighted by molar-refractivity contribution is 6.50. The summed E-state index contributed by atoms with van der Waals surface area (Å²) < 4.78 is 12.3. The van der Waals surface area contributed by atoms with Crippen molar-refractivity contribution < 1.29 is 4.39 Å². The van der Waals surface area contributed by atoms with E-state index in [0.29, 0.717) is 0 Å². The minimum Gasteiger partial charge on any atom is -0.222 e. The summed E-state index contributed by atoms with van der Waals surface area (Å²) in [4.78, 5) is -1.28. The van der Waals surface area contributed by atoms with Crippen LogP contribution in [0.2, 0.25) is 0 Å². The highest BCUT2D eigenvalue weighted by atomic mass is 35.5. The molecule has 0 aliphatic heterocycles. The monoisotopic (exact) mass is 198 g/mol. The first-order valence-electron chi connectivity index (χ1n) is 1.72. The Kier molecular flexibility index (Phi) is 3.76. The van der Waals surface area contributed by atoms with Gasteiger partial charge in [-0.3, -0.25) is 0 Å². The lowest BCUT2D eigenvalue weighted by molar-refractivity contribution is 0.330. The predicted molar refractivity (Wildman–Crippen MR) is 35.9 cm³/mol. The molecule has 0 aromatic carbocycles. The fourth-order valence-corrected chi connectivity index (χ4v) is 0.525. The Morgan fingerprint density at radius 2 is 1.88 bits per heavy atom. The van der Waals surface area contributed by atoms with E-state index in [0.717, 1.165) is 0 Å². The fourth-order valence-electron chi connectivity index (χ4n) is 0.0583. The van der Waals surface area contributed by atoms with Gasteiger partial charge in [0.25, 0.3) is 0 Å². The third kappa shape index (κ3) is 2.58. The van der Waals surface area contributed by atoms with E-state index in [9.17, 15) is 4.39 Å². The molecule has 0 saturated carbocycles. The molecule has 0 amide bonds. The van der Waals surface area contributed by atoms with Gasteiger partial charge in [0.15, 0.2) is 4.84 Å². The van der Waals surface area contributed by atoms with Crippen LogP contribution < -0.4 is 0 Å². The lowest BCUT2D eigenvalue weighted by atomic mass is 10.5. The summed E-state index contributed by atoms with van der Waals surface area (Å²) in [7, 11) is 0. The Bertz CT molecular complexity index is 71.7. The second-order valence-corrected chi connectivity index (χ2v) is 3.19. The van der Waals surface area contributed by atoms with E-state index in [1.54, 1.807) is 0 Å². The molecule has 0 fully saturated rings. The highest BCUT2D eigenvalue weighted by Crippen LogP contribution is 2.29. The zero-order valence-electron chi connectivity index (χ0n) is 3.67. The first kappa shape index (κ1) is 9.09. The summed E-state index contributed by atoms with van der Waals surface area (Å²) in [5, 5.41) is -2.19. The van der Waals surface area contributed by atoms with Gasteiger partial charge in [-0.1, -0.05) is 11.6 Å². The summed E-state index contributed by atoms with van der Waals surface area (Å²) in [6, 6.07) is 0. The van der Waals surface area contributed by atoms with E-state index in [-0.39, 0.29) is 0 Å². The van der Waals surface area contributed by atoms with Gasteiger partial charge < -0.3 is 0 Å². The molecular formula is C3H3Cl4F. The van der Waals surface area contributed by atoms with E-state index < -0.39 is 15.8 Å². The molecule has 0 rings (SSSR count). The molecule has 0 aliphatic rings. The zero-order chi connectivity index (χ0) is 6.78. The van der Waals surface area contributed by atoms with Crippen molar-refractivity contribution >= 4 is 46.4 Å². The third-order valence-corrected chi connectivity index (χ3v) is 2.29. The van der Waals surface area contributed by atoms with Gasteiger partial charge in [-0.25, -0.2) is 4.39 Å². The molecule has 0 radical (unpaired) electrons. The van der Waals surface area contributed by atoms with Crippen molar-refractivity contribution in [3.8, 4) is 0 Å². The molecule has 0 spiro atoms. The molecule has 0 aromatic rings. The van der Waals surface area contributed by atoms with Crippen molar-refractivity contribution in [2.24, 2.45) is 0 Å². The van der Waals surface area contributed by atoms with Crippen LogP contribution in [0.25, 0.3) is 0 Å². The quantitative estimate of drug-likeness (QED) is 0.601. The van der Waals surface area contributed by atoms with Crippen LogP contribution in [0, 0.1) is 0 Å². The molecular weight excluding hydrogens is 197 g/mol. The molecule has 0 aromatic heterocycles. The van der Waals surface area contributed by atoms with Crippen molar-refractivity contribution in [2.45, 2.75) is 9.96 Å². The van der Waals surface area contributed by atoms with Crippen molar-refractivity contribution in [2.75, 3.05) is 5.88 Å². The van der Waals surface area contributed by atoms with Crippen LogP contribution in [-0.2, 0) is 0 Å². The van der Waals surface area contributed by atoms with Gasteiger partial charge in [-0.05, 0) is 0 Å². The van der Waals surface area contributed by atoms with Crippen molar-refractivity contribution in [3.05, 3.63) is 0 Å². The van der Waals surface area contributed by atoms with Gasteiger partial charge >= 0.3 is 0 Å². The van der Waals surface area contributed by atoms with Crippen LogP contribution >= 0.6 is 46.4 Å². The molecule has 0 heterocycles. The average Bonchev–Trinajstić information content (AvgIpc) is 1.67. The van der Waals surface area contributed by atoms with Crippen molar-refractivity contribution in [1.29, 1.82) is 0 Å². The average molecular weight is 200 g/mol. The van der Waals surface area contributed by atoms with E-state index in [1.807, 2.05) is 0 Å². The topological polar surface area (TPSA) is 0 Å². The molecule has 50 valence electrons. The number of rotatable bonds is 2. The summed E-state index contributed by atoms with van der Waals surface area (Å²) in [5.74, 6) is -0.410. The lowest BCUT2D eigenvalue weighted by Gasteiger charge is -2.13. The van der Waals surface area contributed by atoms with E-state index in [1.165, 1.54) is 0 Å². The van der Waals surface area contributed by atoms with Crippen LogP contribution in [0.1, 0.15) is 0 Å². The minimum atomic E-state index is -2.19. The van der Waals surface area contributed by atoms with Crippen molar-refractivity contribution in [3.63, 3.8) is 0 Å². The number of alkyl halides is 5. The van der Waals surface area contributed by atoms with Gasteiger partial charge in [-0.15, -0.1) is 34.8 Å². The molecule has 0 bridgehead atoms. The molecule has 0 aliphatic carbocycles. The Hall–Kier alpha value is 1.09. The summed E-state index contributed by atoms with van der Waals surface area (Å²) in [6.45, 7) is 0. The first-order chi connectivity index (χ1) is 3.50. The largest absolute Gasteiger partial charge is 0.226 e. The Morgan fingerprint density at radius 1 is 1.50 bits per heavy atom. The Balaban J connectivity index is 3.71. The minimum absolute atomic E-state index is 0.410. The number of hydrogen-bond donors (Lipinski definition) is 0. The summed E-state index contributed by atoms with van der Waals surface area (Å²) >= 11 is 20.1. The van der Waals surface area contributed by atoms with Gasteiger partial charge in [0.05, 0.1) is 5.88 Å². The maximum atomic E-state index is 12.3. The molecule has 1 unspecified atom stereocenters. The summed E-state index contributed by atoms with van der Waals surface area (Å²) in [5.41, 5.74) is 0. The van der Waals surface area contributed by atoms with Gasteiger partial charge in [0.2, 0.25) is 5.13 Å². The third-order valence-electron chi connectivity index (χ3n) is 0.497. The molecule has 0 saturated heterocycles. The van der Waals surface area contributed by atoms with Crippen LogP contribution in [0.3, 0.4) is 0 Å². The number of halogens is 5. The fraction of sp³-hybridized carbons (Fsp3) is 1.00. The standard InChI is InChI=1S/C3H3Cl4F/c4-1-3(7,8)2(5)6/h2H,1H2. The maximum Gasteiger partial charge on any atom is 0.226 e. The molecule has 0 nitrogen and oxygen atoms in total. The van der Waals surface area contributed by atoms with Crippen molar-refractivity contribution in [1.82, 2.24) is 0 Å². The molecule has 1 atom stereocenters. The van der Waals surface area contributed by atoms with Crippen LogP contribution in [0.5, 0.6) is 0 Å². The second-order valence-electron chi connectivity index (χ2n) is 1.20. The van der Waals surface area contributed by atoms with Gasteiger partial charge in [0.1, 0.15) is 0 Å². The van der Waals surface area contributed by atoms with E-state index in [2.05, 4.69) is 0 Å². The highest BCUT2D eigenvalue weighted by Gasteiger charge is 2.33. The normalized spacial score (nSPS) is 18.8. The van der Waals surface area contributed by atoms with Crippen LogP contribution in [0.4, 0.5) is 4.39 Å². The predicted octanol–water partition coefficient (Wildman–Crippen LogP) is 2.93. The summed E-state index contributed by atoms with van der Waals surface area (Å²) in [6.07, 6.45) is 0. The van der Waals surface area contributed by atoms with Crippen LogP contribution in [0.15, 0.2) is 0 Å². The second kappa shape index (κ2) is 3.31. The maximum absolute atomic E-state index is 12.3. The van der Waals surface area contributed by atoms with E-state index >= 15 is 0 Å². The van der Waals surface area contributed by atoms with Gasteiger partial charge in [0, 0.05) is 0 Å². The molecule has 5 heteroatoms. The Morgan fingerprint density at radius 3 is 1.88 bits per heavy atom. The first-order valence-corrected chi connectivity index (χ1v) is 3.51. The molecule has 0 N–H and O–H groups in total. The molecule has 8 heavy (non-hydrogen) atoms. The zero-order valence-corrected chi connectivity index (χ0v) is 6.70. The Labute approximate surface area is 66.8 Å². The number of hydrogen-bond acceptors (Lipinski definition) is 0. The van der Waals surface area contributed by atoms with Crippen LogP contribution in [-0.4, -0.2) is 15.8 Å². The lowest BCUT2D eigenvalue weighted by Crippen LogP contribution is -2.24. The SMILES string of the molecule is FC(Cl)(CCl)C(Cl)Cl. The van der Waals surface area contributed by atoms with E-state index in [4.69, 9.17) is 46.4 Å². The van der Waals surface area contributed by atoms with Gasteiger partial charge in [-0.2, -0.15) is 0 Å².